The van der Waals surface area contributed by atoms with Crippen LogP contribution in [0.5, 0.6) is 0 Å². The van der Waals surface area contributed by atoms with E-state index < -0.39 is 60.6 Å². The van der Waals surface area contributed by atoms with E-state index >= 15 is 0 Å². The second-order valence-corrected chi connectivity index (χ2v) is 6.04. The van der Waals surface area contributed by atoms with Gasteiger partial charge in [-0.25, -0.2) is 4.79 Å². The van der Waals surface area contributed by atoms with Gasteiger partial charge >= 0.3 is 5.97 Å². The van der Waals surface area contributed by atoms with E-state index in [1.54, 1.807) is 0 Å². The number of aliphatic carboxylic acids is 1. The van der Waals surface area contributed by atoms with Crippen molar-refractivity contribution in [2.24, 2.45) is 23.1 Å². The third-order valence-corrected chi connectivity index (χ3v) is 3.12. The van der Waals surface area contributed by atoms with Gasteiger partial charge in [0.2, 0.25) is 23.6 Å². The van der Waals surface area contributed by atoms with Crippen molar-refractivity contribution < 1.29 is 29.1 Å². The summed E-state index contributed by atoms with van der Waals surface area (Å²) in [7, 11) is 0. The number of hydrogen-bond donors (Lipinski definition) is 6. The maximum absolute atomic E-state index is 12.2. The first kappa shape index (κ1) is 22.3. The standard InChI is InChI=1S/C14H25N5O6/c1-6(2)3-7(15)12(22)18-8(4-10(16)20)13(23)19-9(14(24)25)5-11(17)21/h6-9H,3-5,15H2,1-2H3,(H2,16,20)(H2,17,21)(H,18,22)(H,19,23)(H,24,25)/t7-,8-,9-/m0/s1. The Morgan fingerprint density at radius 2 is 1.32 bits per heavy atom. The van der Waals surface area contributed by atoms with E-state index in [0.29, 0.717) is 6.42 Å². The zero-order valence-electron chi connectivity index (χ0n) is 14.2. The van der Waals surface area contributed by atoms with E-state index in [2.05, 4.69) is 5.32 Å². The van der Waals surface area contributed by atoms with E-state index in [9.17, 15) is 24.0 Å². The molecule has 0 fully saturated rings. The molecule has 0 aromatic heterocycles. The van der Waals surface area contributed by atoms with Gasteiger partial charge in [0, 0.05) is 0 Å². The first-order valence-corrected chi connectivity index (χ1v) is 7.59. The molecule has 9 N–H and O–H groups in total. The number of nitrogens with two attached hydrogens (primary N) is 3. The van der Waals surface area contributed by atoms with Gasteiger partial charge in [0.15, 0.2) is 0 Å². The molecule has 11 nitrogen and oxygen atoms in total. The smallest absolute Gasteiger partial charge is 0.326 e. The topological polar surface area (TPSA) is 208 Å². The predicted molar refractivity (Wildman–Crippen MR) is 86.6 cm³/mol. The molecule has 0 heterocycles. The molecular formula is C14H25N5O6. The third-order valence-electron chi connectivity index (χ3n) is 3.12. The Kier molecular flexibility index (Phi) is 9.13. The van der Waals surface area contributed by atoms with Gasteiger partial charge in [-0.05, 0) is 12.3 Å². The lowest BCUT2D eigenvalue weighted by atomic mass is 10.0. The van der Waals surface area contributed by atoms with Crippen molar-refractivity contribution in [2.75, 3.05) is 0 Å². The number of carbonyl (C=O) groups excluding carboxylic acids is 4. The quantitative estimate of drug-likeness (QED) is 0.227. The van der Waals surface area contributed by atoms with E-state index in [1.807, 2.05) is 19.2 Å². The van der Waals surface area contributed by atoms with Gasteiger partial charge in [-0.1, -0.05) is 13.8 Å². The minimum absolute atomic E-state index is 0.121. The van der Waals surface area contributed by atoms with Gasteiger partial charge in [0.25, 0.3) is 0 Å². The van der Waals surface area contributed by atoms with Crippen LogP contribution in [0.15, 0.2) is 0 Å². The van der Waals surface area contributed by atoms with Crippen LogP contribution in [0, 0.1) is 5.92 Å². The fourth-order valence-electron chi connectivity index (χ4n) is 1.98. The maximum atomic E-state index is 12.2. The molecule has 0 aromatic carbocycles. The number of nitrogens with one attached hydrogen (secondary N) is 2. The maximum Gasteiger partial charge on any atom is 0.326 e. The van der Waals surface area contributed by atoms with Gasteiger partial charge in [-0.3, -0.25) is 19.2 Å². The number of amides is 4. The monoisotopic (exact) mass is 359 g/mol. The SMILES string of the molecule is CC(C)C[C@H](N)C(=O)N[C@@H](CC(N)=O)C(=O)N[C@@H](CC(N)=O)C(=O)O. The Balaban J connectivity index is 5.08. The Bertz CT molecular complexity index is 536. The molecule has 0 aliphatic heterocycles. The van der Waals surface area contributed by atoms with Crippen molar-refractivity contribution in [3.63, 3.8) is 0 Å². The van der Waals surface area contributed by atoms with Crippen LogP contribution in [0.2, 0.25) is 0 Å². The molecule has 0 aliphatic carbocycles. The number of carboxylic acid groups (broad SMARTS) is 1. The second-order valence-electron chi connectivity index (χ2n) is 6.04. The highest BCUT2D eigenvalue weighted by Gasteiger charge is 2.29. The van der Waals surface area contributed by atoms with E-state index in [-0.39, 0.29) is 5.92 Å². The average Bonchev–Trinajstić information content (AvgIpc) is 2.43. The predicted octanol–water partition coefficient (Wildman–Crippen LogP) is -2.84. The Labute approximate surface area is 144 Å². The number of rotatable bonds is 11. The number of carbonyl (C=O) groups is 5. The number of primary amides is 2. The lowest BCUT2D eigenvalue weighted by molar-refractivity contribution is -0.143. The fourth-order valence-corrected chi connectivity index (χ4v) is 1.98. The molecule has 0 spiro atoms. The highest BCUT2D eigenvalue weighted by Crippen LogP contribution is 2.04. The summed E-state index contributed by atoms with van der Waals surface area (Å²) in [6, 6.07) is -3.93. The fraction of sp³-hybridized carbons (Fsp3) is 0.643. The molecule has 25 heavy (non-hydrogen) atoms. The van der Waals surface area contributed by atoms with Gasteiger partial charge in [-0.15, -0.1) is 0 Å². The minimum Gasteiger partial charge on any atom is -0.480 e. The molecule has 0 aliphatic rings. The molecule has 4 amide bonds. The molecule has 0 saturated carbocycles. The largest absolute Gasteiger partial charge is 0.480 e. The summed E-state index contributed by atoms with van der Waals surface area (Å²) in [5.74, 6) is -4.87. The van der Waals surface area contributed by atoms with Crippen LogP contribution in [-0.4, -0.2) is 52.8 Å². The molecule has 0 rings (SSSR count). The van der Waals surface area contributed by atoms with Gasteiger partial charge in [0.1, 0.15) is 12.1 Å². The first-order valence-electron chi connectivity index (χ1n) is 7.59. The Morgan fingerprint density at radius 1 is 0.880 bits per heavy atom. The minimum atomic E-state index is -1.60. The molecule has 0 radical (unpaired) electrons. The lowest BCUT2D eigenvalue weighted by Gasteiger charge is -2.22. The van der Waals surface area contributed by atoms with E-state index in [1.165, 1.54) is 0 Å². The molecule has 142 valence electrons. The first-order chi connectivity index (χ1) is 11.4. The zero-order valence-corrected chi connectivity index (χ0v) is 14.2. The average molecular weight is 359 g/mol. The summed E-state index contributed by atoms with van der Waals surface area (Å²) in [4.78, 5) is 57.2. The van der Waals surface area contributed by atoms with E-state index in [0.717, 1.165) is 0 Å². The highest BCUT2D eigenvalue weighted by atomic mass is 16.4. The van der Waals surface area contributed by atoms with Crippen molar-refractivity contribution in [3.05, 3.63) is 0 Å². The third kappa shape index (κ3) is 9.25. The van der Waals surface area contributed by atoms with Crippen molar-refractivity contribution in [1.82, 2.24) is 10.6 Å². The van der Waals surface area contributed by atoms with Crippen LogP contribution in [0.3, 0.4) is 0 Å². The molecular weight excluding hydrogens is 334 g/mol. The van der Waals surface area contributed by atoms with Gasteiger partial charge in [-0.2, -0.15) is 0 Å². The number of hydrogen-bond acceptors (Lipinski definition) is 6. The summed E-state index contributed by atoms with van der Waals surface area (Å²) in [5.41, 5.74) is 15.7. The zero-order chi connectivity index (χ0) is 19.7. The van der Waals surface area contributed by atoms with Crippen LogP contribution >= 0.6 is 0 Å². The molecule has 0 saturated heterocycles. The van der Waals surface area contributed by atoms with Crippen molar-refractivity contribution in [3.8, 4) is 0 Å². The van der Waals surface area contributed by atoms with Crippen molar-refractivity contribution in [2.45, 2.75) is 51.2 Å². The Hall–Kier alpha value is -2.69. The molecule has 0 unspecified atom stereocenters. The highest BCUT2D eigenvalue weighted by molar-refractivity contribution is 5.95. The summed E-state index contributed by atoms with van der Waals surface area (Å²) >= 11 is 0. The van der Waals surface area contributed by atoms with Crippen LogP contribution in [0.4, 0.5) is 0 Å². The summed E-state index contributed by atoms with van der Waals surface area (Å²) in [6.07, 6.45) is -0.865. The normalized spacial score (nSPS) is 14.2. The Morgan fingerprint density at radius 3 is 1.72 bits per heavy atom. The van der Waals surface area contributed by atoms with Crippen LogP contribution < -0.4 is 27.8 Å². The van der Waals surface area contributed by atoms with Crippen LogP contribution in [0.25, 0.3) is 0 Å². The van der Waals surface area contributed by atoms with Crippen LogP contribution in [0.1, 0.15) is 33.1 Å². The number of carboxylic acids is 1. The molecule has 3 atom stereocenters. The molecule has 0 bridgehead atoms. The second kappa shape index (κ2) is 10.2. The van der Waals surface area contributed by atoms with Gasteiger partial charge < -0.3 is 32.9 Å². The molecule has 0 aromatic rings. The van der Waals surface area contributed by atoms with Crippen molar-refractivity contribution in [1.29, 1.82) is 0 Å². The molecule has 11 heteroatoms. The van der Waals surface area contributed by atoms with Gasteiger partial charge in [0.05, 0.1) is 18.9 Å². The van der Waals surface area contributed by atoms with E-state index in [4.69, 9.17) is 22.3 Å². The summed E-state index contributed by atoms with van der Waals surface area (Å²) in [5, 5.41) is 13.3. The lowest BCUT2D eigenvalue weighted by Crippen LogP contribution is -2.56. The summed E-state index contributed by atoms with van der Waals surface area (Å²) < 4.78 is 0. The van der Waals surface area contributed by atoms with Crippen LogP contribution in [-0.2, 0) is 24.0 Å². The van der Waals surface area contributed by atoms with Crippen molar-refractivity contribution >= 4 is 29.6 Å². The summed E-state index contributed by atoms with van der Waals surface area (Å²) in [6.45, 7) is 3.70.